The van der Waals surface area contributed by atoms with Gasteiger partial charge in [-0.3, -0.25) is 14.1 Å². The quantitative estimate of drug-likeness (QED) is 0.738. The van der Waals surface area contributed by atoms with Crippen LogP contribution >= 0.6 is 11.6 Å². The second kappa shape index (κ2) is 6.52. The van der Waals surface area contributed by atoms with Crippen molar-refractivity contribution >= 4 is 17.2 Å². The molecule has 0 aliphatic rings. The van der Waals surface area contributed by atoms with Crippen molar-refractivity contribution in [1.29, 1.82) is 0 Å². The minimum Gasteiger partial charge on any atom is -0.296 e. The van der Waals surface area contributed by atoms with Gasteiger partial charge < -0.3 is 0 Å². The molecule has 0 spiro atoms. The number of fused-ring (bicyclic) bond motifs is 1. The first-order chi connectivity index (χ1) is 11.0. The standard InChI is InChI=1S/C18H18ClN3O/c1-13-4-3-9-22-17(23)10-16(20-18(13)22)12-21(2)11-14-5-7-15(19)8-6-14/h3-10H,11-12H2,1-2H3. The van der Waals surface area contributed by atoms with Crippen molar-refractivity contribution in [2.45, 2.75) is 20.0 Å². The number of hydrogen-bond donors (Lipinski definition) is 0. The van der Waals surface area contributed by atoms with E-state index < -0.39 is 0 Å². The van der Waals surface area contributed by atoms with Gasteiger partial charge in [-0.05, 0) is 43.3 Å². The second-order valence-corrected chi connectivity index (χ2v) is 6.21. The molecule has 118 valence electrons. The van der Waals surface area contributed by atoms with E-state index in [-0.39, 0.29) is 5.56 Å². The van der Waals surface area contributed by atoms with Crippen LogP contribution in [0.5, 0.6) is 0 Å². The van der Waals surface area contributed by atoms with Gasteiger partial charge in [-0.1, -0.05) is 29.8 Å². The number of halogens is 1. The van der Waals surface area contributed by atoms with Crippen LogP contribution in [0.2, 0.25) is 5.02 Å². The minimum absolute atomic E-state index is 0.0476. The highest BCUT2D eigenvalue weighted by molar-refractivity contribution is 6.30. The van der Waals surface area contributed by atoms with E-state index in [4.69, 9.17) is 11.6 Å². The third-order valence-electron chi connectivity index (χ3n) is 3.74. The number of rotatable bonds is 4. The average molecular weight is 328 g/mol. The highest BCUT2D eigenvalue weighted by Crippen LogP contribution is 2.12. The molecule has 0 aliphatic carbocycles. The molecule has 0 amide bonds. The summed E-state index contributed by atoms with van der Waals surface area (Å²) >= 11 is 5.91. The van der Waals surface area contributed by atoms with Gasteiger partial charge in [-0.25, -0.2) is 4.98 Å². The lowest BCUT2D eigenvalue weighted by atomic mass is 10.2. The van der Waals surface area contributed by atoms with Crippen LogP contribution in [0.25, 0.3) is 5.65 Å². The summed E-state index contributed by atoms with van der Waals surface area (Å²) in [5, 5.41) is 0.732. The smallest absolute Gasteiger partial charge is 0.258 e. The number of aromatic nitrogens is 2. The van der Waals surface area contributed by atoms with Gasteiger partial charge in [-0.2, -0.15) is 0 Å². The zero-order chi connectivity index (χ0) is 16.4. The van der Waals surface area contributed by atoms with Gasteiger partial charge in [0.1, 0.15) is 5.65 Å². The second-order valence-electron chi connectivity index (χ2n) is 5.77. The van der Waals surface area contributed by atoms with E-state index in [2.05, 4.69) is 9.88 Å². The number of hydrogen-bond acceptors (Lipinski definition) is 3. The maximum absolute atomic E-state index is 12.2. The van der Waals surface area contributed by atoms with E-state index in [0.29, 0.717) is 6.54 Å². The van der Waals surface area contributed by atoms with Crippen LogP contribution in [-0.2, 0) is 13.1 Å². The molecule has 0 bridgehead atoms. The third kappa shape index (κ3) is 3.60. The molecule has 4 nitrogen and oxygen atoms in total. The zero-order valence-electron chi connectivity index (χ0n) is 13.2. The zero-order valence-corrected chi connectivity index (χ0v) is 13.9. The van der Waals surface area contributed by atoms with Crippen molar-refractivity contribution < 1.29 is 0 Å². The van der Waals surface area contributed by atoms with Crippen molar-refractivity contribution in [3.05, 3.63) is 80.9 Å². The summed E-state index contributed by atoms with van der Waals surface area (Å²) in [5.74, 6) is 0. The molecule has 1 aromatic carbocycles. The predicted octanol–water partition coefficient (Wildman–Crippen LogP) is 3.29. The van der Waals surface area contributed by atoms with Crippen LogP contribution in [0.3, 0.4) is 0 Å². The molecule has 23 heavy (non-hydrogen) atoms. The highest BCUT2D eigenvalue weighted by atomic mass is 35.5. The van der Waals surface area contributed by atoms with Gasteiger partial charge in [0, 0.05) is 30.4 Å². The van der Waals surface area contributed by atoms with Gasteiger partial charge in [0.25, 0.3) is 5.56 Å². The summed E-state index contributed by atoms with van der Waals surface area (Å²) < 4.78 is 1.58. The minimum atomic E-state index is -0.0476. The molecule has 0 fully saturated rings. The van der Waals surface area contributed by atoms with Crippen LogP contribution in [-0.4, -0.2) is 21.3 Å². The molecule has 0 aliphatic heterocycles. The summed E-state index contributed by atoms with van der Waals surface area (Å²) in [6.45, 7) is 3.34. The maximum Gasteiger partial charge on any atom is 0.258 e. The Labute approximate surface area is 140 Å². The van der Waals surface area contributed by atoms with Gasteiger partial charge >= 0.3 is 0 Å². The molecule has 0 unspecified atom stereocenters. The lowest BCUT2D eigenvalue weighted by Gasteiger charge is -2.16. The summed E-state index contributed by atoms with van der Waals surface area (Å²) in [6.07, 6.45) is 1.75. The van der Waals surface area contributed by atoms with Crippen molar-refractivity contribution in [3.63, 3.8) is 0 Å². The molecular weight excluding hydrogens is 310 g/mol. The SMILES string of the molecule is Cc1cccn2c(=O)cc(CN(C)Cc3ccc(Cl)cc3)nc12. The van der Waals surface area contributed by atoms with E-state index in [1.54, 1.807) is 16.7 Å². The Bertz CT molecular complexity index is 887. The van der Waals surface area contributed by atoms with Crippen LogP contribution in [0.4, 0.5) is 0 Å². The van der Waals surface area contributed by atoms with Crippen molar-refractivity contribution in [3.8, 4) is 0 Å². The van der Waals surface area contributed by atoms with Gasteiger partial charge in [0.05, 0.1) is 5.69 Å². The van der Waals surface area contributed by atoms with Crippen LogP contribution < -0.4 is 5.56 Å². The van der Waals surface area contributed by atoms with E-state index in [1.165, 1.54) is 5.56 Å². The molecular formula is C18H18ClN3O. The largest absolute Gasteiger partial charge is 0.296 e. The van der Waals surface area contributed by atoms with Gasteiger partial charge in [0.15, 0.2) is 0 Å². The molecule has 0 saturated carbocycles. The van der Waals surface area contributed by atoms with E-state index in [1.807, 2.05) is 50.4 Å². The van der Waals surface area contributed by atoms with Crippen molar-refractivity contribution in [1.82, 2.24) is 14.3 Å². The summed E-state index contributed by atoms with van der Waals surface area (Å²) in [4.78, 5) is 19.0. The Morgan fingerprint density at radius 3 is 2.65 bits per heavy atom. The Hall–Kier alpha value is -2.17. The number of pyridine rings is 1. The highest BCUT2D eigenvalue weighted by Gasteiger charge is 2.07. The fourth-order valence-electron chi connectivity index (χ4n) is 2.62. The third-order valence-corrected chi connectivity index (χ3v) is 3.99. The Morgan fingerprint density at radius 1 is 1.17 bits per heavy atom. The van der Waals surface area contributed by atoms with Gasteiger partial charge in [-0.15, -0.1) is 0 Å². The van der Waals surface area contributed by atoms with E-state index >= 15 is 0 Å². The first kappa shape index (κ1) is 15.7. The fourth-order valence-corrected chi connectivity index (χ4v) is 2.75. The predicted molar refractivity (Wildman–Crippen MR) is 92.8 cm³/mol. The fraction of sp³-hybridized carbons (Fsp3) is 0.222. The molecule has 3 aromatic rings. The molecule has 3 rings (SSSR count). The Morgan fingerprint density at radius 2 is 1.91 bits per heavy atom. The van der Waals surface area contributed by atoms with E-state index in [9.17, 15) is 4.79 Å². The van der Waals surface area contributed by atoms with Crippen molar-refractivity contribution in [2.75, 3.05) is 7.05 Å². The van der Waals surface area contributed by atoms with Gasteiger partial charge in [0.2, 0.25) is 0 Å². The number of benzene rings is 1. The van der Waals surface area contributed by atoms with Crippen LogP contribution in [0.15, 0.2) is 53.5 Å². The molecule has 0 atom stereocenters. The van der Waals surface area contributed by atoms with Crippen LogP contribution in [0, 0.1) is 6.92 Å². The average Bonchev–Trinajstić information content (AvgIpc) is 2.51. The normalized spacial score (nSPS) is 11.3. The Balaban J connectivity index is 1.82. The molecule has 2 aromatic heterocycles. The molecule has 5 heteroatoms. The molecule has 0 saturated heterocycles. The first-order valence-electron chi connectivity index (χ1n) is 7.44. The molecule has 2 heterocycles. The molecule has 0 N–H and O–H groups in total. The first-order valence-corrected chi connectivity index (χ1v) is 7.81. The van der Waals surface area contributed by atoms with Crippen LogP contribution in [0.1, 0.15) is 16.8 Å². The van der Waals surface area contributed by atoms with E-state index in [0.717, 1.165) is 28.5 Å². The van der Waals surface area contributed by atoms with Crippen molar-refractivity contribution in [2.24, 2.45) is 0 Å². The number of aryl methyl sites for hydroxylation is 1. The topological polar surface area (TPSA) is 37.6 Å². The summed E-state index contributed by atoms with van der Waals surface area (Å²) in [5.41, 5.74) is 3.61. The lowest BCUT2D eigenvalue weighted by Crippen LogP contribution is -2.22. The summed E-state index contributed by atoms with van der Waals surface area (Å²) in [6, 6.07) is 13.2. The lowest BCUT2D eigenvalue weighted by molar-refractivity contribution is 0.315. The molecule has 0 radical (unpaired) electrons. The summed E-state index contributed by atoms with van der Waals surface area (Å²) in [7, 11) is 2.01. The Kier molecular flexibility index (Phi) is 4.46. The monoisotopic (exact) mass is 327 g/mol. The maximum atomic E-state index is 12.2. The number of nitrogens with zero attached hydrogens (tertiary/aromatic N) is 3.